The van der Waals surface area contributed by atoms with Crippen molar-refractivity contribution in [2.24, 2.45) is 5.92 Å². The van der Waals surface area contributed by atoms with E-state index in [-0.39, 0.29) is 24.4 Å². The van der Waals surface area contributed by atoms with Crippen LogP contribution in [0.3, 0.4) is 0 Å². The van der Waals surface area contributed by atoms with Crippen LogP contribution in [0.1, 0.15) is 50.5 Å². The molecule has 1 atom stereocenters. The lowest BCUT2D eigenvalue weighted by atomic mass is 9.96. The van der Waals surface area contributed by atoms with Gasteiger partial charge in [-0.3, -0.25) is 4.79 Å². The topological polar surface area (TPSA) is 69.7 Å². The molecule has 1 saturated carbocycles. The third-order valence-corrected chi connectivity index (χ3v) is 8.39. The van der Waals surface area contributed by atoms with Gasteiger partial charge in [-0.2, -0.15) is 17.0 Å². The van der Waals surface area contributed by atoms with E-state index in [9.17, 15) is 13.2 Å². The average Bonchev–Trinajstić information content (AvgIpc) is 2.72. The Hall–Kier alpha value is -0.960. The van der Waals surface area contributed by atoms with Gasteiger partial charge >= 0.3 is 0 Å². The molecule has 1 heterocycles. The molecule has 1 amide bonds. The third-order valence-electron chi connectivity index (χ3n) is 5.89. The highest BCUT2D eigenvalue weighted by molar-refractivity contribution is 9.10. The van der Waals surface area contributed by atoms with E-state index in [2.05, 4.69) is 21.2 Å². The van der Waals surface area contributed by atoms with Gasteiger partial charge in [-0.25, -0.2) is 0 Å². The Morgan fingerprint density at radius 2 is 1.96 bits per heavy atom. The summed E-state index contributed by atoms with van der Waals surface area (Å²) in [5.41, 5.74) is 1.01. The lowest BCUT2D eigenvalue weighted by Gasteiger charge is -2.37. The number of carbonyl (C=O) groups is 1. The second-order valence-corrected chi connectivity index (χ2v) is 10.8. The first kappa shape index (κ1) is 21.7. The van der Waals surface area contributed by atoms with Gasteiger partial charge < -0.3 is 5.32 Å². The van der Waals surface area contributed by atoms with Crippen molar-refractivity contribution in [3.63, 3.8) is 0 Å². The van der Waals surface area contributed by atoms with Gasteiger partial charge in [-0.1, -0.05) is 47.3 Å². The molecule has 0 bridgehead atoms. The van der Waals surface area contributed by atoms with Crippen LogP contribution < -0.4 is 5.32 Å². The summed E-state index contributed by atoms with van der Waals surface area (Å²) in [4.78, 5) is 12.6. The van der Waals surface area contributed by atoms with Crippen molar-refractivity contribution < 1.29 is 13.2 Å². The highest BCUT2D eigenvalue weighted by atomic mass is 79.9. The molecule has 28 heavy (non-hydrogen) atoms. The van der Waals surface area contributed by atoms with E-state index in [1.807, 2.05) is 24.3 Å². The number of benzene rings is 1. The molecule has 0 radical (unpaired) electrons. The van der Waals surface area contributed by atoms with E-state index in [1.165, 1.54) is 10.7 Å². The van der Waals surface area contributed by atoms with Crippen LogP contribution >= 0.6 is 15.9 Å². The Labute approximate surface area is 177 Å². The monoisotopic (exact) mass is 471 g/mol. The van der Waals surface area contributed by atoms with Crippen LogP contribution in [0.15, 0.2) is 28.7 Å². The van der Waals surface area contributed by atoms with E-state index < -0.39 is 10.2 Å². The molecule has 0 unspecified atom stereocenters. The van der Waals surface area contributed by atoms with Crippen molar-refractivity contribution in [3.8, 4) is 0 Å². The van der Waals surface area contributed by atoms with Gasteiger partial charge in [0.05, 0.1) is 5.92 Å². The minimum Gasteiger partial charge on any atom is -0.352 e. The van der Waals surface area contributed by atoms with Crippen molar-refractivity contribution in [1.29, 1.82) is 0 Å². The van der Waals surface area contributed by atoms with Crippen molar-refractivity contribution >= 4 is 32.0 Å². The van der Waals surface area contributed by atoms with Gasteiger partial charge in [0, 0.05) is 37.2 Å². The fourth-order valence-corrected chi connectivity index (χ4v) is 6.29. The summed E-state index contributed by atoms with van der Waals surface area (Å²) in [5.74, 6) is -0.365. The molecule has 0 spiro atoms. The maximum atomic E-state index is 13.1. The van der Waals surface area contributed by atoms with Crippen molar-refractivity contribution in [3.05, 3.63) is 34.3 Å². The van der Waals surface area contributed by atoms with E-state index in [0.717, 1.165) is 42.1 Å². The molecule has 6 nitrogen and oxygen atoms in total. The van der Waals surface area contributed by atoms with Gasteiger partial charge in [-0.15, -0.1) is 0 Å². The summed E-state index contributed by atoms with van der Waals surface area (Å²) in [6.45, 7) is 1.21. The number of nitrogens with one attached hydrogen (secondary N) is 1. The Bertz CT molecular complexity index is 781. The Morgan fingerprint density at radius 1 is 1.21 bits per heavy atom. The van der Waals surface area contributed by atoms with Crippen molar-refractivity contribution in [2.45, 2.75) is 57.5 Å². The number of hydrogen-bond acceptors (Lipinski definition) is 3. The smallest absolute Gasteiger partial charge is 0.281 e. The van der Waals surface area contributed by atoms with Crippen LogP contribution in [0.25, 0.3) is 0 Å². The molecule has 1 saturated heterocycles. The number of hydrogen-bond donors (Lipinski definition) is 1. The lowest BCUT2D eigenvalue weighted by molar-refractivity contribution is -0.126. The Kier molecular flexibility index (Phi) is 7.53. The van der Waals surface area contributed by atoms with Crippen molar-refractivity contribution in [2.75, 3.05) is 20.1 Å². The lowest BCUT2D eigenvalue weighted by Crippen LogP contribution is -2.52. The normalized spacial score (nSPS) is 22.3. The zero-order valence-electron chi connectivity index (χ0n) is 16.4. The van der Waals surface area contributed by atoms with Crippen LogP contribution in [-0.4, -0.2) is 49.1 Å². The first-order valence-electron chi connectivity index (χ1n) is 10.1. The van der Waals surface area contributed by atoms with E-state index in [1.54, 1.807) is 11.4 Å². The standard InChI is InChI=1S/C20H30BrN3O3S/c1-23(19-10-3-2-4-11-19)28(26,27)24-12-6-8-17(15-24)20(25)22-14-16-7-5-9-18(21)13-16/h5,7,9,13,17,19H,2-4,6,8,10-12,14-15H2,1H3,(H,22,25)/t17-/m0/s1. The summed E-state index contributed by atoms with van der Waals surface area (Å²) in [6.07, 6.45) is 6.67. The maximum Gasteiger partial charge on any atom is 0.281 e. The first-order valence-corrected chi connectivity index (χ1v) is 12.3. The SMILES string of the molecule is CN(C1CCCCC1)S(=O)(=O)N1CCC[C@H](C(=O)NCc2cccc(Br)c2)C1. The molecule has 2 aliphatic rings. The van der Waals surface area contributed by atoms with Crippen molar-refractivity contribution in [1.82, 2.24) is 13.9 Å². The summed E-state index contributed by atoms with van der Waals surface area (Å²) in [6, 6.07) is 7.89. The summed E-state index contributed by atoms with van der Waals surface area (Å²) >= 11 is 3.43. The van der Waals surface area contributed by atoms with Gasteiger partial charge in [0.25, 0.3) is 10.2 Å². The first-order chi connectivity index (χ1) is 13.4. The molecule has 156 valence electrons. The van der Waals surface area contributed by atoms with Crippen LogP contribution in [0.4, 0.5) is 0 Å². The van der Waals surface area contributed by atoms with Crippen LogP contribution in [0.2, 0.25) is 0 Å². The van der Waals surface area contributed by atoms with Gasteiger partial charge in [0.2, 0.25) is 5.91 Å². The van der Waals surface area contributed by atoms with Crippen LogP contribution in [0.5, 0.6) is 0 Å². The zero-order chi connectivity index (χ0) is 20.1. The molecule has 3 rings (SSSR count). The maximum absolute atomic E-state index is 13.1. The number of rotatable bonds is 6. The molecular weight excluding hydrogens is 442 g/mol. The molecule has 0 aromatic heterocycles. The van der Waals surface area contributed by atoms with E-state index in [4.69, 9.17) is 0 Å². The van der Waals surface area contributed by atoms with E-state index >= 15 is 0 Å². The molecule has 1 aromatic rings. The second kappa shape index (κ2) is 9.69. The van der Waals surface area contributed by atoms with Gasteiger partial charge in [0.15, 0.2) is 0 Å². The number of carbonyl (C=O) groups excluding carboxylic acids is 1. The highest BCUT2D eigenvalue weighted by Gasteiger charge is 2.37. The molecule has 1 aromatic carbocycles. The molecule has 2 fully saturated rings. The minimum absolute atomic E-state index is 0.0693. The third kappa shape index (κ3) is 5.34. The largest absolute Gasteiger partial charge is 0.352 e. The average molecular weight is 472 g/mol. The fourth-order valence-electron chi connectivity index (χ4n) is 4.16. The number of amides is 1. The predicted octanol–water partition coefficient (Wildman–Crippen LogP) is 3.29. The van der Waals surface area contributed by atoms with E-state index in [0.29, 0.717) is 19.5 Å². The zero-order valence-corrected chi connectivity index (χ0v) is 18.8. The van der Waals surface area contributed by atoms with Crippen LogP contribution in [-0.2, 0) is 21.5 Å². The number of piperidine rings is 1. The Balaban J connectivity index is 1.58. The highest BCUT2D eigenvalue weighted by Crippen LogP contribution is 2.27. The molecule has 1 N–H and O–H groups in total. The predicted molar refractivity (Wildman–Crippen MR) is 114 cm³/mol. The Morgan fingerprint density at radius 3 is 2.68 bits per heavy atom. The molecule has 1 aliphatic carbocycles. The number of nitrogens with zero attached hydrogens (tertiary/aromatic N) is 2. The number of halogens is 1. The van der Waals surface area contributed by atoms with Gasteiger partial charge in [0.1, 0.15) is 0 Å². The summed E-state index contributed by atoms with van der Waals surface area (Å²) in [5, 5.41) is 2.97. The second-order valence-electron chi connectivity index (χ2n) is 7.86. The molecule has 1 aliphatic heterocycles. The van der Waals surface area contributed by atoms with Crippen LogP contribution in [0, 0.1) is 5.92 Å². The molecule has 8 heteroatoms. The quantitative estimate of drug-likeness (QED) is 0.691. The fraction of sp³-hybridized carbons (Fsp3) is 0.650. The van der Waals surface area contributed by atoms with Gasteiger partial charge in [-0.05, 0) is 43.4 Å². The molecular formula is C20H30BrN3O3S. The summed E-state index contributed by atoms with van der Waals surface area (Å²) < 4.78 is 30.2. The summed E-state index contributed by atoms with van der Waals surface area (Å²) in [7, 11) is -1.82. The minimum atomic E-state index is -3.52.